The summed E-state index contributed by atoms with van der Waals surface area (Å²) in [7, 11) is 0. The average molecular weight is 495 g/mol. The molecule has 8 atom stereocenters. The van der Waals surface area contributed by atoms with Crippen molar-refractivity contribution in [1.29, 1.82) is 0 Å². The van der Waals surface area contributed by atoms with Crippen molar-refractivity contribution >= 4 is 17.9 Å². The van der Waals surface area contributed by atoms with Crippen LogP contribution in [0.1, 0.15) is 64.7 Å². The summed E-state index contributed by atoms with van der Waals surface area (Å²) in [5.74, 6) is -0.0496. The molecule has 4 N–H and O–H groups in total. The number of para-hydroxylation sites is 1. The molecule has 7 heteroatoms. The quantitative estimate of drug-likeness (QED) is 0.288. The van der Waals surface area contributed by atoms with Crippen molar-refractivity contribution in [2.24, 2.45) is 33.7 Å². The molecule has 1 aliphatic heterocycles. The summed E-state index contributed by atoms with van der Waals surface area (Å²) in [6.45, 7) is 2.54. The van der Waals surface area contributed by atoms with Gasteiger partial charge in [0.2, 0.25) is 0 Å². The zero-order valence-corrected chi connectivity index (χ0v) is 21.0. The van der Waals surface area contributed by atoms with Crippen LogP contribution in [0.4, 0.5) is 5.69 Å². The summed E-state index contributed by atoms with van der Waals surface area (Å²) in [5.41, 5.74) is 2.16. The van der Waals surface area contributed by atoms with Gasteiger partial charge in [-0.2, -0.15) is 5.10 Å². The molecule has 7 nitrogen and oxygen atoms in total. The normalized spacial score (nSPS) is 46.0. The van der Waals surface area contributed by atoms with E-state index in [1.54, 1.807) is 6.08 Å². The number of aliphatic hydroxyl groups is 3. The molecular formula is C29H38N2O5. The van der Waals surface area contributed by atoms with Crippen LogP contribution < -0.4 is 5.43 Å². The van der Waals surface area contributed by atoms with Gasteiger partial charge < -0.3 is 20.1 Å². The smallest absolute Gasteiger partial charge is 0.331 e. The average Bonchev–Trinajstić information content (AvgIpc) is 3.40. The molecule has 4 fully saturated rings. The fourth-order valence-corrected chi connectivity index (χ4v) is 9.10. The minimum atomic E-state index is -1.05. The Labute approximate surface area is 212 Å². The highest BCUT2D eigenvalue weighted by molar-refractivity contribution is 5.85. The number of cyclic esters (lactones) is 1. The number of fused-ring (bicyclic) bond motifs is 5. The molecule has 0 unspecified atom stereocenters. The second kappa shape index (κ2) is 8.40. The van der Waals surface area contributed by atoms with Gasteiger partial charge in [0.05, 0.1) is 23.0 Å². The van der Waals surface area contributed by atoms with Crippen molar-refractivity contribution in [2.45, 2.75) is 82.0 Å². The molecule has 1 heterocycles. The van der Waals surface area contributed by atoms with Gasteiger partial charge in [-0.05, 0) is 86.8 Å². The van der Waals surface area contributed by atoms with Crippen molar-refractivity contribution in [3.8, 4) is 0 Å². The molecule has 0 radical (unpaired) electrons. The van der Waals surface area contributed by atoms with Gasteiger partial charge in [-0.1, -0.05) is 25.1 Å². The molecule has 4 aliphatic carbocycles. The van der Waals surface area contributed by atoms with Crippen molar-refractivity contribution in [3.05, 3.63) is 42.0 Å². The Kier molecular flexibility index (Phi) is 5.63. The Hall–Kier alpha value is -2.22. The van der Waals surface area contributed by atoms with Crippen LogP contribution in [0.3, 0.4) is 0 Å². The zero-order chi connectivity index (χ0) is 25.2. The van der Waals surface area contributed by atoms with Crippen LogP contribution in [0.2, 0.25) is 0 Å². The number of carbonyl (C=O) groups excluding carboxylic acids is 1. The minimum Gasteiger partial charge on any atom is -0.458 e. The fraction of sp³-hybridized carbons (Fsp3) is 0.655. The van der Waals surface area contributed by atoms with E-state index >= 15 is 0 Å². The predicted molar refractivity (Wildman–Crippen MR) is 136 cm³/mol. The van der Waals surface area contributed by atoms with Crippen LogP contribution in [0, 0.1) is 28.6 Å². The third-order valence-electron chi connectivity index (χ3n) is 10.9. The number of aliphatic hydroxyl groups excluding tert-OH is 1. The van der Waals surface area contributed by atoms with Crippen LogP contribution >= 0.6 is 0 Å². The lowest BCUT2D eigenvalue weighted by Gasteiger charge is -2.65. The molecular weight excluding hydrogens is 456 g/mol. The van der Waals surface area contributed by atoms with Crippen LogP contribution in [0.25, 0.3) is 0 Å². The van der Waals surface area contributed by atoms with Crippen molar-refractivity contribution in [1.82, 2.24) is 0 Å². The maximum atomic E-state index is 12.5. The predicted octanol–water partition coefficient (Wildman–Crippen LogP) is 3.80. The van der Waals surface area contributed by atoms with Crippen LogP contribution in [0.5, 0.6) is 0 Å². The number of rotatable bonds is 4. The number of hydrogen-bond acceptors (Lipinski definition) is 7. The van der Waals surface area contributed by atoms with Gasteiger partial charge in [-0.15, -0.1) is 0 Å². The standard InChI is InChI=1S/C29H38N2O5/c1-26-11-8-23-24(29(26,35)14-10-22(26)19-15-25(33)36-17-19)9-13-28(34)16-21(32)7-12-27(23,28)18-30-31-20-5-3-2-4-6-20/h2-6,15,18,21-24,31-32,34-35H,7-14,16-17H2,1H3/t21-,22-,23-,24+,26+,27-,28-,29+/m0/s1. The second-order valence-electron chi connectivity index (χ2n) is 12.3. The number of ether oxygens (including phenoxy) is 1. The molecule has 5 aliphatic rings. The van der Waals surface area contributed by atoms with E-state index in [4.69, 9.17) is 4.74 Å². The Morgan fingerprint density at radius 1 is 1.03 bits per heavy atom. The third-order valence-corrected chi connectivity index (χ3v) is 10.9. The van der Waals surface area contributed by atoms with Gasteiger partial charge in [0.15, 0.2) is 0 Å². The lowest BCUT2D eigenvalue weighted by Crippen LogP contribution is -2.68. The van der Waals surface area contributed by atoms with Crippen LogP contribution in [-0.2, 0) is 9.53 Å². The van der Waals surface area contributed by atoms with Gasteiger partial charge in [0.25, 0.3) is 0 Å². The first-order chi connectivity index (χ1) is 17.2. The van der Waals surface area contributed by atoms with E-state index in [1.165, 1.54) is 0 Å². The molecule has 0 spiro atoms. The molecule has 0 amide bonds. The fourth-order valence-electron chi connectivity index (χ4n) is 9.10. The molecule has 0 bridgehead atoms. The SMILES string of the molecule is C[C@]12CC[C@H]3[C@@H](CC[C@]4(O)C[C@@H](O)CC[C@]34C=NNc3ccccc3)[C@]1(O)CC[C@H]2C1=CC(=O)OC1. The summed E-state index contributed by atoms with van der Waals surface area (Å²) < 4.78 is 5.24. The van der Waals surface area contributed by atoms with Gasteiger partial charge in [0.1, 0.15) is 6.61 Å². The molecule has 4 saturated carbocycles. The van der Waals surface area contributed by atoms with E-state index in [0.29, 0.717) is 38.7 Å². The topological polar surface area (TPSA) is 111 Å². The lowest BCUT2D eigenvalue weighted by atomic mass is 9.41. The highest BCUT2D eigenvalue weighted by Gasteiger charge is 2.71. The molecule has 1 aromatic carbocycles. The first-order valence-corrected chi connectivity index (χ1v) is 13.6. The molecule has 36 heavy (non-hydrogen) atoms. The summed E-state index contributed by atoms with van der Waals surface area (Å²) >= 11 is 0. The Morgan fingerprint density at radius 2 is 1.81 bits per heavy atom. The molecule has 194 valence electrons. The molecule has 0 aromatic heterocycles. The van der Waals surface area contributed by atoms with Gasteiger partial charge in [-0.25, -0.2) is 4.79 Å². The van der Waals surface area contributed by atoms with E-state index in [0.717, 1.165) is 36.9 Å². The molecule has 1 aromatic rings. The zero-order valence-electron chi connectivity index (χ0n) is 21.0. The summed E-state index contributed by atoms with van der Waals surface area (Å²) in [6, 6.07) is 9.77. The lowest BCUT2D eigenvalue weighted by molar-refractivity contribution is -0.237. The minimum absolute atomic E-state index is 0.0265. The Bertz CT molecular complexity index is 1090. The summed E-state index contributed by atoms with van der Waals surface area (Å²) in [4.78, 5) is 11.8. The Balaban J connectivity index is 1.35. The maximum Gasteiger partial charge on any atom is 0.331 e. The number of nitrogens with one attached hydrogen (secondary N) is 1. The largest absolute Gasteiger partial charge is 0.458 e. The second-order valence-corrected chi connectivity index (χ2v) is 12.3. The van der Waals surface area contributed by atoms with E-state index in [2.05, 4.69) is 17.5 Å². The van der Waals surface area contributed by atoms with Crippen molar-refractivity contribution < 1.29 is 24.9 Å². The van der Waals surface area contributed by atoms with Crippen molar-refractivity contribution in [2.75, 3.05) is 12.0 Å². The number of hydrogen-bond donors (Lipinski definition) is 4. The third kappa shape index (κ3) is 3.35. The first kappa shape index (κ1) is 24.1. The highest BCUT2D eigenvalue weighted by atomic mass is 16.5. The van der Waals surface area contributed by atoms with Crippen LogP contribution in [0.15, 0.2) is 47.1 Å². The number of esters is 1. The van der Waals surface area contributed by atoms with Gasteiger partial charge >= 0.3 is 5.97 Å². The van der Waals surface area contributed by atoms with Crippen LogP contribution in [-0.4, -0.2) is 51.4 Å². The Morgan fingerprint density at radius 3 is 2.56 bits per heavy atom. The molecule has 0 saturated heterocycles. The molecule has 6 rings (SSSR count). The monoisotopic (exact) mass is 494 g/mol. The van der Waals surface area contributed by atoms with E-state index in [1.807, 2.05) is 36.5 Å². The number of nitrogens with zero attached hydrogens (tertiary/aromatic N) is 1. The van der Waals surface area contributed by atoms with Crippen molar-refractivity contribution in [3.63, 3.8) is 0 Å². The number of benzene rings is 1. The first-order valence-electron chi connectivity index (χ1n) is 13.6. The van der Waals surface area contributed by atoms with Gasteiger partial charge in [-0.3, -0.25) is 5.43 Å². The number of hydrazone groups is 1. The summed E-state index contributed by atoms with van der Waals surface area (Å²) in [6.07, 6.45) is 9.15. The summed E-state index contributed by atoms with van der Waals surface area (Å²) in [5, 5.41) is 39.7. The van der Waals surface area contributed by atoms with E-state index in [9.17, 15) is 20.1 Å². The van der Waals surface area contributed by atoms with Gasteiger partial charge in [0, 0.05) is 29.5 Å². The van der Waals surface area contributed by atoms with E-state index in [-0.39, 0.29) is 29.1 Å². The number of carbonyl (C=O) groups is 1. The maximum absolute atomic E-state index is 12.5. The number of anilines is 1. The highest BCUT2D eigenvalue weighted by Crippen LogP contribution is 2.70. The van der Waals surface area contributed by atoms with E-state index < -0.39 is 22.7 Å².